The zero-order valence-electron chi connectivity index (χ0n) is 34.7. The Bertz CT molecular complexity index is 3420. The van der Waals surface area contributed by atoms with Crippen LogP contribution in [-0.2, 0) is 0 Å². The first kappa shape index (κ1) is 37.2. The first-order valence-electron chi connectivity index (χ1n) is 21.6. The van der Waals surface area contributed by atoms with Crippen LogP contribution >= 0.6 is 0 Å². The van der Waals surface area contributed by atoms with Crippen molar-refractivity contribution in [3.8, 4) is 78.1 Å². The van der Waals surface area contributed by atoms with E-state index in [0.29, 0.717) is 0 Å². The van der Waals surface area contributed by atoms with Crippen LogP contribution in [-0.4, -0.2) is 19.9 Å². The molecule has 0 atom stereocenters. The minimum atomic E-state index is 0.893. The van der Waals surface area contributed by atoms with Gasteiger partial charge in [0, 0.05) is 45.1 Å². The summed E-state index contributed by atoms with van der Waals surface area (Å²) < 4.78 is 0. The lowest BCUT2D eigenvalue weighted by atomic mass is 9.94. The molecule has 4 heteroatoms. The van der Waals surface area contributed by atoms with Crippen molar-refractivity contribution >= 4 is 43.6 Å². The Morgan fingerprint density at radius 2 is 0.516 bits per heavy atom. The highest BCUT2D eigenvalue weighted by Gasteiger charge is 2.17. The molecule has 0 saturated heterocycles. The zero-order chi connectivity index (χ0) is 42.4. The van der Waals surface area contributed by atoms with Crippen molar-refractivity contribution in [1.29, 1.82) is 0 Å². The van der Waals surface area contributed by atoms with Crippen molar-refractivity contribution in [2.75, 3.05) is 0 Å². The summed E-state index contributed by atoms with van der Waals surface area (Å²) in [4.78, 5) is 20.6. The van der Waals surface area contributed by atoms with Gasteiger partial charge in [0.15, 0.2) is 0 Å². The standard InChI is InChI=1S/C60H38N4/c1-5-13-41(14-6-1)47-33-35-61-57-49(47)29-31-51-53(43-17-9-3-10-18-43)37-55(63-59(51)57)45-25-21-39(22-26-45)40-23-27-46(28-24-40)56-38-54(44-19-11-4-12-20-44)52-32-30-50-48(42-15-7-2-8-16-42)34-36-62-58(50)60(52)64-56/h1-38H. The fourth-order valence-corrected chi connectivity index (χ4v) is 9.22. The molecule has 4 heterocycles. The van der Waals surface area contributed by atoms with E-state index in [9.17, 15) is 0 Å². The second-order valence-corrected chi connectivity index (χ2v) is 16.2. The van der Waals surface area contributed by atoms with Crippen molar-refractivity contribution in [2.45, 2.75) is 0 Å². The van der Waals surface area contributed by atoms with E-state index in [1.165, 1.54) is 0 Å². The van der Waals surface area contributed by atoms with E-state index in [4.69, 9.17) is 19.9 Å². The van der Waals surface area contributed by atoms with Crippen LogP contribution < -0.4 is 0 Å². The van der Waals surface area contributed by atoms with Gasteiger partial charge in [-0.25, -0.2) is 9.97 Å². The highest BCUT2D eigenvalue weighted by Crippen LogP contribution is 2.40. The number of aromatic nitrogens is 4. The van der Waals surface area contributed by atoms with Crippen molar-refractivity contribution in [3.05, 3.63) is 231 Å². The minimum Gasteiger partial charge on any atom is -0.254 e. The van der Waals surface area contributed by atoms with E-state index in [-0.39, 0.29) is 0 Å². The fourth-order valence-electron chi connectivity index (χ4n) is 9.22. The van der Waals surface area contributed by atoms with E-state index in [1.54, 1.807) is 0 Å². The minimum absolute atomic E-state index is 0.893. The molecule has 12 aromatic rings. The normalized spacial score (nSPS) is 11.4. The van der Waals surface area contributed by atoms with Crippen LogP contribution in [0.15, 0.2) is 231 Å². The summed E-state index contributed by atoms with van der Waals surface area (Å²) in [7, 11) is 0. The topological polar surface area (TPSA) is 51.6 Å². The van der Waals surface area contributed by atoms with E-state index in [0.717, 1.165) is 122 Å². The zero-order valence-corrected chi connectivity index (χ0v) is 34.7. The molecule has 4 aromatic heterocycles. The third-order valence-electron chi connectivity index (χ3n) is 12.4. The van der Waals surface area contributed by atoms with Crippen molar-refractivity contribution in [2.24, 2.45) is 0 Å². The summed E-state index contributed by atoms with van der Waals surface area (Å²) in [5.74, 6) is 0. The lowest BCUT2D eigenvalue weighted by molar-refractivity contribution is 1.37. The first-order valence-corrected chi connectivity index (χ1v) is 21.6. The van der Waals surface area contributed by atoms with E-state index < -0.39 is 0 Å². The molecule has 4 nitrogen and oxygen atoms in total. The monoisotopic (exact) mass is 814 g/mol. The predicted molar refractivity (Wildman–Crippen MR) is 266 cm³/mol. The summed E-state index contributed by atoms with van der Waals surface area (Å²) >= 11 is 0. The van der Waals surface area contributed by atoms with Gasteiger partial charge < -0.3 is 0 Å². The number of benzene rings is 8. The molecule has 0 unspecified atom stereocenters. The van der Waals surface area contributed by atoms with Gasteiger partial charge in [-0.1, -0.05) is 194 Å². The highest BCUT2D eigenvalue weighted by molar-refractivity contribution is 6.14. The fraction of sp³-hybridized carbons (Fsp3) is 0. The van der Waals surface area contributed by atoms with Crippen LogP contribution in [0.2, 0.25) is 0 Å². The second-order valence-electron chi connectivity index (χ2n) is 16.2. The number of fused-ring (bicyclic) bond motifs is 6. The van der Waals surface area contributed by atoms with E-state index in [2.05, 4.69) is 206 Å². The predicted octanol–water partition coefficient (Wildman–Crippen LogP) is 15.5. The molecule has 12 rings (SSSR count). The summed E-state index contributed by atoms with van der Waals surface area (Å²) in [6.07, 6.45) is 3.81. The molecule has 0 aliphatic rings. The number of hydrogen-bond donors (Lipinski definition) is 0. The summed E-state index contributed by atoms with van der Waals surface area (Å²) in [6.45, 7) is 0. The van der Waals surface area contributed by atoms with Gasteiger partial charge >= 0.3 is 0 Å². The largest absolute Gasteiger partial charge is 0.254 e. The van der Waals surface area contributed by atoms with Gasteiger partial charge in [0.2, 0.25) is 0 Å². The molecule has 0 amide bonds. The van der Waals surface area contributed by atoms with E-state index >= 15 is 0 Å². The average Bonchev–Trinajstić information content (AvgIpc) is 3.38. The Balaban J connectivity index is 0.928. The molecule has 0 fully saturated rings. The Morgan fingerprint density at radius 3 is 0.859 bits per heavy atom. The van der Waals surface area contributed by atoms with Gasteiger partial charge in [-0.05, 0) is 79.9 Å². The number of hydrogen-bond acceptors (Lipinski definition) is 4. The third-order valence-corrected chi connectivity index (χ3v) is 12.4. The smallest absolute Gasteiger partial charge is 0.0978 e. The summed E-state index contributed by atoms with van der Waals surface area (Å²) in [6, 6.07) is 77.1. The molecule has 0 aliphatic carbocycles. The lowest BCUT2D eigenvalue weighted by Crippen LogP contribution is -1.94. The van der Waals surface area contributed by atoms with Crippen LogP contribution in [0.5, 0.6) is 0 Å². The maximum atomic E-state index is 5.36. The van der Waals surface area contributed by atoms with Crippen molar-refractivity contribution in [1.82, 2.24) is 19.9 Å². The first-order chi connectivity index (χ1) is 31.7. The molecular weight excluding hydrogens is 777 g/mol. The molecule has 0 radical (unpaired) electrons. The lowest BCUT2D eigenvalue weighted by Gasteiger charge is -2.14. The van der Waals surface area contributed by atoms with Gasteiger partial charge in [-0.2, -0.15) is 0 Å². The van der Waals surface area contributed by atoms with Gasteiger partial charge in [-0.3, -0.25) is 9.97 Å². The quantitative estimate of drug-likeness (QED) is 0.150. The number of rotatable bonds is 7. The molecule has 0 bridgehead atoms. The van der Waals surface area contributed by atoms with Crippen LogP contribution in [0, 0.1) is 0 Å². The van der Waals surface area contributed by atoms with Crippen molar-refractivity contribution < 1.29 is 0 Å². The molecule has 0 aliphatic heterocycles. The van der Waals surface area contributed by atoms with Crippen LogP contribution in [0.4, 0.5) is 0 Å². The SMILES string of the molecule is c1ccc(-c2ccnc3c2ccc2c(-c4ccccc4)cc(-c4ccc(-c5ccc(-c6cc(-c7ccccc7)c7ccc8c(-c9ccccc9)ccnc8c7n6)cc5)cc4)nc23)cc1. The maximum Gasteiger partial charge on any atom is 0.0978 e. The maximum absolute atomic E-state index is 5.36. The molecule has 0 N–H and O–H groups in total. The van der Waals surface area contributed by atoms with Gasteiger partial charge in [0.25, 0.3) is 0 Å². The Hall–Kier alpha value is -8.60. The molecule has 0 saturated carbocycles. The Kier molecular flexibility index (Phi) is 9.12. The van der Waals surface area contributed by atoms with Gasteiger partial charge in [0.1, 0.15) is 0 Å². The highest BCUT2D eigenvalue weighted by atomic mass is 14.8. The Labute approximate surface area is 370 Å². The van der Waals surface area contributed by atoms with Gasteiger partial charge in [-0.15, -0.1) is 0 Å². The molecule has 8 aromatic carbocycles. The van der Waals surface area contributed by atoms with Crippen LogP contribution in [0.1, 0.15) is 0 Å². The summed E-state index contributed by atoms with van der Waals surface area (Å²) in [5.41, 5.74) is 18.9. The number of pyridine rings is 4. The molecule has 298 valence electrons. The average molecular weight is 815 g/mol. The van der Waals surface area contributed by atoms with Crippen LogP contribution in [0.25, 0.3) is 122 Å². The summed E-state index contributed by atoms with van der Waals surface area (Å²) in [5, 5.41) is 4.33. The van der Waals surface area contributed by atoms with Gasteiger partial charge in [0.05, 0.1) is 33.5 Å². The van der Waals surface area contributed by atoms with E-state index in [1.807, 2.05) is 24.5 Å². The molecule has 0 spiro atoms. The molecular formula is C60H38N4. The Morgan fingerprint density at radius 1 is 0.219 bits per heavy atom. The third kappa shape index (κ3) is 6.57. The second kappa shape index (κ2) is 15.7. The van der Waals surface area contributed by atoms with Crippen molar-refractivity contribution in [3.63, 3.8) is 0 Å². The number of nitrogens with zero attached hydrogens (tertiary/aromatic N) is 4. The molecule has 64 heavy (non-hydrogen) atoms. The van der Waals surface area contributed by atoms with Crippen LogP contribution in [0.3, 0.4) is 0 Å².